The Bertz CT molecular complexity index is 630. The van der Waals surface area contributed by atoms with E-state index in [2.05, 4.69) is 19.2 Å². The Morgan fingerprint density at radius 1 is 1.27 bits per heavy atom. The Hall–Kier alpha value is -1.59. The Morgan fingerprint density at radius 2 is 1.85 bits per heavy atom. The molecule has 2 rings (SSSR count). The van der Waals surface area contributed by atoms with Crippen LogP contribution in [0.5, 0.6) is 0 Å². The molecule has 0 saturated carbocycles. The Balaban J connectivity index is 0.00000338. The minimum atomic E-state index is -0.630. The van der Waals surface area contributed by atoms with Crippen LogP contribution in [0.3, 0.4) is 0 Å². The molecule has 2 unspecified atom stereocenters. The van der Waals surface area contributed by atoms with Crippen LogP contribution in [0, 0.1) is 11.8 Å². The van der Waals surface area contributed by atoms with Gasteiger partial charge in [-0.2, -0.15) is 0 Å². The number of carbonyl (C=O) groups is 2. The highest BCUT2D eigenvalue weighted by atomic mass is 35.5. The Labute approximate surface area is 163 Å². The predicted molar refractivity (Wildman–Crippen MR) is 109 cm³/mol. The van der Waals surface area contributed by atoms with Crippen molar-refractivity contribution < 1.29 is 9.59 Å². The number of nitrogens with two attached hydrogens (primary N) is 1. The smallest absolute Gasteiger partial charge is 0.239 e. The highest BCUT2D eigenvalue weighted by molar-refractivity contribution is 6.09. The molecule has 1 aromatic carbocycles. The lowest BCUT2D eigenvalue weighted by molar-refractivity contribution is -0.133. The number of halogens is 1. The van der Waals surface area contributed by atoms with E-state index in [1.54, 1.807) is 4.90 Å². The predicted octanol–water partition coefficient (Wildman–Crippen LogP) is 3.07. The quantitative estimate of drug-likeness (QED) is 0.743. The van der Waals surface area contributed by atoms with Gasteiger partial charge in [-0.15, -0.1) is 12.4 Å². The van der Waals surface area contributed by atoms with E-state index in [1.165, 1.54) is 5.56 Å². The van der Waals surface area contributed by atoms with E-state index in [4.69, 9.17) is 5.73 Å². The van der Waals surface area contributed by atoms with Gasteiger partial charge in [0.25, 0.3) is 0 Å². The molecule has 6 heteroatoms. The van der Waals surface area contributed by atoms with Crippen molar-refractivity contribution in [2.24, 2.45) is 17.6 Å². The summed E-state index contributed by atoms with van der Waals surface area (Å²) in [5, 5.41) is 3.00. The number of anilines is 1. The summed E-state index contributed by atoms with van der Waals surface area (Å²) in [6.45, 7) is 11.2. The standard InChI is InChI=1S/C20H31N3O2.ClH/c1-13(2)15-6-8-16(9-7-15)23-11-10-17(19(23)25)18(24)22-20(5,12-21)14(3)4;/h6-9,13-14,17H,10-12,21H2,1-5H3,(H,22,24);1H. The highest BCUT2D eigenvalue weighted by Crippen LogP contribution is 2.28. The van der Waals surface area contributed by atoms with Crippen LogP contribution in [0.25, 0.3) is 0 Å². The monoisotopic (exact) mass is 381 g/mol. The number of hydrogen-bond donors (Lipinski definition) is 2. The van der Waals surface area contributed by atoms with Crippen LogP contribution in [0.15, 0.2) is 24.3 Å². The number of nitrogens with zero attached hydrogens (tertiary/aromatic N) is 1. The molecular formula is C20H32ClN3O2. The second-order valence-corrected chi connectivity index (χ2v) is 7.84. The molecule has 1 fully saturated rings. The molecule has 5 nitrogen and oxygen atoms in total. The molecule has 1 aromatic rings. The van der Waals surface area contributed by atoms with Crippen molar-refractivity contribution >= 4 is 29.9 Å². The van der Waals surface area contributed by atoms with Crippen molar-refractivity contribution in [2.45, 2.75) is 52.5 Å². The molecule has 2 amide bonds. The average Bonchev–Trinajstić information content (AvgIpc) is 2.96. The van der Waals surface area contributed by atoms with Crippen LogP contribution in [0.4, 0.5) is 5.69 Å². The Kier molecular flexibility index (Phi) is 7.66. The molecular weight excluding hydrogens is 350 g/mol. The van der Waals surface area contributed by atoms with Gasteiger partial charge in [-0.25, -0.2) is 0 Å². The number of rotatable bonds is 6. The van der Waals surface area contributed by atoms with Gasteiger partial charge in [-0.1, -0.05) is 39.8 Å². The third-order valence-electron chi connectivity index (χ3n) is 5.50. The highest BCUT2D eigenvalue weighted by Gasteiger charge is 2.40. The minimum absolute atomic E-state index is 0. The Morgan fingerprint density at radius 3 is 2.31 bits per heavy atom. The van der Waals surface area contributed by atoms with Crippen LogP contribution in [0.2, 0.25) is 0 Å². The summed E-state index contributed by atoms with van der Waals surface area (Å²) in [6.07, 6.45) is 0.537. The van der Waals surface area contributed by atoms with Gasteiger partial charge in [-0.3, -0.25) is 9.59 Å². The molecule has 1 heterocycles. The SMILES string of the molecule is CC(C)c1ccc(N2CCC(C(=O)NC(C)(CN)C(C)C)C2=O)cc1.Cl. The van der Waals surface area contributed by atoms with Gasteiger partial charge in [0.05, 0.1) is 5.54 Å². The van der Waals surface area contributed by atoms with Crippen LogP contribution >= 0.6 is 12.4 Å². The molecule has 0 aliphatic carbocycles. The zero-order chi connectivity index (χ0) is 18.8. The zero-order valence-corrected chi connectivity index (χ0v) is 17.2. The summed E-state index contributed by atoms with van der Waals surface area (Å²) in [5.41, 5.74) is 7.43. The summed E-state index contributed by atoms with van der Waals surface area (Å²) in [4.78, 5) is 27.1. The second-order valence-electron chi connectivity index (χ2n) is 7.84. The van der Waals surface area contributed by atoms with Crippen molar-refractivity contribution in [3.05, 3.63) is 29.8 Å². The molecule has 0 bridgehead atoms. The van der Waals surface area contributed by atoms with Gasteiger partial charge < -0.3 is 16.0 Å². The molecule has 0 radical (unpaired) electrons. The van der Waals surface area contributed by atoms with Crippen LogP contribution in [0.1, 0.15) is 52.5 Å². The van der Waals surface area contributed by atoms with Crippen molar-refractivity contribution in [1.29, 1.82) is 0 Å². The molecule has 0 aromatic heterocycles. The molecule has 1 aliphatic heterocycles. The van der Waals surface area contributed by atoms with Crippen LogP contribution in [-0.4, -0.2) is 30.4 Å². The van der Waals surface area contributed by atoms with E-state index in [-0.39, 0.29) is 30.1 Å². The molecule has 26 heavy (non-hydrogen) atoms. The van der Waals surface area contributed by atoms with Crippen molar-refractivity contribution in [1.82, 2.24) is 5.32 Å². The number of carbonyl (C=O) groups excluding carboxylic acids is 2. The maximum atomic E-state index is 12.7. The molecule has 1 aliphatic rings. The first-order valence-corrected chi connectivity index (χ1v) is 9.13. The van der Waals surface area contributed by atoms with E-state index < -0.39 is 11.5 Å². The van der Waals surface area contributed by atoms with Crippen molar-refractivity contribution in [2.75, 3.05) is 18.0 Å². The number of hydrogen-bond acceptors (Lipinski definition) is 3. The van der Waals surface area contributed by atoms with E-state index in [0.29, 0.717) is 25.4 Å². The van der Waals surface area contributed by atoms with Gasteiger partial charge in [0, 0.05) is 18.8 Å². The fourth-order valence-corrected chi connectivity index (χ4v) is 3.02. The van der Waals surface area contributed by atoms with Crippen molar-refractivity contribution in [3.63, 3.8) is 0 Å². The third-order valence-corrected chi connectivity index (χ3v) is 5.50. The van der Waals surface area contributed by atoms with Gasteiger partial charge >= 0.3 is 0 Å². The normalized spacial score (nSPS) is 19.5. The number of nitrogens with one attached hydrogen (secondary N) is 1. The lowest BCUT2D eigenvalue weighted by Gasteiger charge is -2.34. The van der Waals surface area contributed by atoms with E-state index in [9.17, 15) is 9.59 Å². The summed E-state index contributed by atoms with van der Waals surface area (Å²) in [5.74, 6) is -0.329. The molecule has 146 valence electrons. The molecule has 0 spiro atoms. The number of amides is 2. The third kappa shape index (κ3) is 4.57. The summed E-state index contributed by atoms with van der Waals surface area (Å²) >= 11 is 0. The summed E-state index contributed by atoms with van der Waals surface area (Å²) in [7, 11) is 0. The first-order chi connectivity index (χ1) is 11.7. The second kappa shape index (κ2) is 8.87. The topological polar surface area (TPSA) is 75.4 Å². The molecule has 1 saturated heterocycles. The first-order valence-electron chi connectivity index (χ1n) is 9.13. The number of benzene rings is 1. The minimum Gasteiger partial charge on any atom is -0.349 e. The van der Waals surface area contributed by atoms with Gasteiger partial charge in [0.1, 0.15) is 5.92 Å². The first kappa shape index (κ1) is 22.5. The maximum Gasteiger partial charge on any atom is 0.239 e. The lowest BCUT2D eigenvalue weighted by atomic mass is 9.87. The van der Waals surface area contributed by atoms with E-state index >= 15 is 0 Å². The van der Waals surface area contributed by atoms with Crippen LogP contribution < -0.4 is 16.0 Å². The van der Waals surface area contributed by atoms with E-state index in [1.807, 2.05) is 45.0 Å². The van der Waals surface area contributed by atoms with E-state index in [0.717, 1.165) is 5.69 Å². The largest absolute Gasteiger partial charge is 0.349 e. The van der Waals surface area contributed by atoms with Gasteiger partial charge in [0.15, 0.2) is 0 Å². The zero-order valence-electron chi connectivity index (χ0n) is 16.4. The fraction of sp³-hybridized carbons (Fsp3) is 0.600. The van der Waals surface area contributed by atoms with Crippen molar-refractivity contribution in [3.8, 4) is 0 Å². The summed E-state index contributed by atoms with van der Waals surface area (Å²) < 4.78 is 0. The maximum absolute atomic E-state index is 12.7. The fourth-order valence-electron chi connectivity index (χ4n) is 3.02. The lowest BCUT2D eigenvalue weighted by Crippen LogP contribution is -2.57. The van der Waals surface area contributed by atoms with Gasteiger partial charge in [0.2, 0.25) is 11.8 Å². The average molecular weight is 382 g/mol. The van der Waals surface area contributed by atoms with Gasteiger partial charge in [-0.05, 0) is 42.9 Å². The van der Waals surface area contributed by atoms with Crippen LogP contribution in [-0.2, 0) is 9.59 Å². The summed E-state index contributed by atoms with van der Waals surface area (Å²) in [6, 6.07) is 8.02. The molecule has 2 atom stereocenters. The molecule has 3 N–H and O–H groups in total.